The highest BCUT2D eigenvalue weighted by molar-refractivity contribution is 7.89. The Morgan fingerprint density at radius 3 is 2.44 bits per heavy atom. The van der Waals surface area contributed by atoms with E-state index in [0.29, 0.717) is 35.8 Å². The lowest BCUT2D eigenvalue weighted by Gasteiger charge is -2.12. The van der Waals surface area contributed by atoms with Crippen molar-refractivity contribution >= 4 is 39.2 Å². The minimum absolute atomic E-state index is 0.226. The molecule has 7 nitrogen and oxygen atoms in total. The van der Waals surface area contributed by atoms with Gasteiger partial charge in [0, 0.05) is 32.4 Å². The first-order chi connectivity index (χ1) is 12.8. The molecule has 0 aliphatic rings. The second-order valence-electron chi connectivity index (χ2n) is 5.67. The SMILES string of the molecule is CCNC(=NCc1cc(Cl)c(Cl)n1C)NCCNS(=O)(=O)c1ccccc1. The van der Waals surface area contributed by atoms with Crippen molar-refractivity contribution in [3.8, 4) is 0 Å². The molecule has 0 unspecified atom stereocenters. The van der Waals surface area contributed by atoms with E-state index in [0.717, 1.165) is 5.69 Å². The molecule has 0 aliphatic heterocycles. The van der Waals surface area contributed by atoms with Crippen molar-refractivity contribution in [3.05, 3.63) is 52.3 Å². The molecule has 0 amide bonds. The molecule has 0 radical (unpaired) electrons. The molecule has 0 bridgehead atoms. The number of hydrogen-bond donors (Lipinski definition) is 3. The van der Waals surface area contributed by atoms with E-state index < -0.39 is 10.0 Å². The Morgan fingerprint density at radius 1 is 1.15 bits per heavy atom. The molecule has 148 valence electrons. The van der Waals surface area contributed by atoms with Crippen molar-refractivity contribution < 1.29 is 8.42 Å². The first kappa shape index (κ1) is 21.6. The molecule has 2 rings (SSSR count). The second kappa shape index (κ2) is 9.98. The smallest absolute Gasteiger partial charge is 0.240 e. The molecule has 0 fully saturated rings. The van der Waals surface area contributed by atoms with Gasteiger partial charge in [-0.1, -0.05) is 41.4 Å². The molecule has 3 N–H and O–H groups in total. The Balaban J connectivity index is 1.89. The lowest BCUT2D eigenvalue weighted by Crippen LogP contribution is -2.41. The lowest BCUT2D eigenvalue weighted by molar-refractivity contribution is 0.580. The maximum absolute atomic E-state index is 12.2. The largest absolute Gasteiger partial charge is 0.357 e. The van der Waals surface area contributed by atoms with Gasteiger partial charge in [-0.2, -0.15) is 0 Å². The number of aromatic nitrogens is 1. The summed E-state index contributed by atoms with van der Waals surface area (Å²) in [5.74, 6) is 0.574. The highest BCUT2D eigenvalue weighted by Gasteiger charge is 2.12. The molecule has 1 aromatic heterocycles. The van der Waals surface area contributed by atoms with Crippen LogP contribution >= 0.6 is 23.2 Å². The number of nitrogens with one attached hydrogen (secondary N) is 3. The standard InChI is InChI=1S/C17H23Cl2N5O2S/c1-3-20-17(22-12-13-11-15(18)16(19)24(13)2)21-9-10-23-27(25,26)14-7-5-4-6-8-14/h4-8,11,23H,3,9-10,12H2,1-2H3,(H2,20,21,22). The summed E-state index contributed by atoms with van der Waals surface area (Å²) in [6, 6.07) is 10.0. The van der Waals surface area contributed by atoms with E-state index in [9.17, 15) is 8.42 Å². The minimum atomic E-state index is -3.52. The zero-order chi connectivity index (χ0) is 19.9. The molecule has 0 atom stereocenters. The molecule has 27 heavy (non-hydrogen) atoms. The minimum Gasteiger partial charge on any atom is -0.357 e. The van der Waals surface area contributed by atoms with Crippen LogP contribution in [0.2, 0.25) is 10.2 Å². The number of benzene rings is 1. The summed E-state index contributed by atoms with van der Waals surface area (Å²) < 4.78 is 28.7. The topological polar surface area (TPSA) is 87.5 Å². The third kappa shape index (κ3) is 6.14. The van der Waals surface area contributed by atoms with Crippen molar-refractivity contribution in [1.82, 2.24) is 19.9 Å². The molecular weight excluding hydrogens is 409 g/mol. The highest BCUT2D eigenvalue weighted by atomic mass is 35.5. The maximum atomic E-state index is 12.2. The van der Waals surface area contributed by atoms with Crippen LogP contribution in [0.5, 0.6) is 0 Å². The van der Waals surface area contributed by atoms with Crippen LogP contribution in [0.15, 0.2) is 46.3 Å². The van der Waals surface area contributed by atoms with Crippen molar-refractivity contribution in [2.75, 3.05) is 19.6 Å². The normalized spacial score (nSPS) is 12.2. The van der Waals surface area contributed by atoms with Gasteiger partial charge in [-0.05, 0) is 25.1 Å². The number of halogens is 2. The predicted octanol–water partition coefficient (Wildman–Crippen LogP) is 2.37. The van der Waals surface area contributed by atoms with Crippen molar-refractivity contribution in [3.63, 3.8) is 0 Å². The summed E-state index contributed by atoms with van der Waals surface area (Å²) in [5, 5.41) is 7.15. The van der Waals surface area contributed by atoms with E-state index in [1.54, 1.807) is 41.0 Å². The van der Waals surface area contributed by atoms with Crippen molar-refractivity contribution in [2.45, 2.75) is 18.4 Å². The molecule has 1 heterocycles. The fourth-order valence-corrected chi connectivity index (χ4v) is 3.76. The number of hydrogen-bond acceptors (Lipinski definition) is 3. The Morgan fingerprint density at radius 2 is 1.85 bits per heavy atom. The first-order valence-corrected chi connectivity index (χ1v) is 10.7. The van der Waals surface area contributed by atoms with Crippen LogP contribution in [0.1, 0.15) is 12.6 Å². The van der Waals surface area contributed by atoms with Gasteiger partial charge in [0.1, 0.15) is 5.15 Å². The van der Waals surface area contributed by atoms with Gasteiger partial charge in [0.25, 0.3) is 0 Å². The quantitative estimate of drug-likeness (QED) is 0.340. The summed E-state index contributed by atoms with van der Waals surface area (Å²) in [4.78, 5) is 4.71. The van der Waals surface area contributed by atoms with Crippen LogP contribution in [0.4, 0.5) is 0 Å². The Hall–Kier alpha value is -1.74. The zero-order valence-corrected chi connectivity index (χ0v) is 17.5. The summed E-state index contributed by atoms with van der Waals surface area (Å²) in [7, 11) is -1.70. The molecule has 1 aromatic carbocycles. The average molecular weight is 432 g/mol. The summed E-state index contributed by atoms with van der Waals surface area (Å²) in [6.07, 6.45) is 0. The van der Waals surface area contributed by atoms with E-state index in [2.05, 4.69) is 20.3 Å². The monoisotopic (exact) mass is 431 g/mol. The summed E-state index contributed by atoms with van der Waals surface area (Å²) >= 11 is 12.1. The molecule has 0 saturated carbocycles. The van der Waals surface area contributed by atoms with Crippen LogP contribution in [0.25, 0.3) is 0 Å². The van der Waals surface area contributed by atoms with Gasteiger partial charge in [0.15, 0.2) is 5.96 Å². The number of sulfonamides is 1. The van der Waals surface area contributed by atoms with Crippen molar-refractivity contribution in [2.24, 2.45) is 12.0 Å². The van der Waals surface area contributed by atoms with Gasteiger partial charge in [-0.25, -0.2) is 18.1 Å². The summed E-state index contributed by atoms with van der Waals surface area (Å²) in [6.45, 7) is 3.62. The number of guanidine groups is 1. The zero-order valence-electron chi connectivity index (χ0n) is 15.2. The maximum Gasteiger partial charge on any atom is 0.240 e. The van der Waals surface area contributed by atoms with E-state index in [1.165, 1.54) is 0 Å². The van der Waals surface area contributed by atoms with Crippen LogP contribution in [0, 0.1) is 0 Å². The lowest BCUT2D eigenvalue weighted by atomic mass is 10.4. The van der Waals surface area contributed by atoms with E-state index in [-0.39, 0.29) is 11.4 Å². The molecule has 0 saturated heterocycles. The number of aliphatic imine (C=N–C) groups is 1. The van der Waals surface area contributed by atoms with Crippen LogP contribution in [-0.4, -0.2) is 38.6 Å². The molecule has 10 heteroatoms. The van der Waals surface area contributed by atoms with Gasteiger partial charge < -0.3 is 15.2 Å². The van der Waals surface area contributed by atoms with E-state index in [1.807, 2.05) is 14.0 Å². The van der Waals surface area contributed by atoms with E-state index >= 15 is 0 Å². The third-order valence-corrected chi connectivity index (χ3v) is 6.04. The van der Waals surface area contributed by atoms with Crippen LogP contribution < -0.4 is 15.4 Å². The predicted molar refractivity (Wildman–Crippen MR) is 110 cm³/mol. The molecular formula is C17H23Cl2N5O2S. The average Bonchev–Trinajstić information content (AvgIpc) is 2.90. The number of nitrogens with zero attached hydrogens (tertiary/aromatic N) is 2. The van der Waals surface area contributed by atoms with Gasteiger partial charge >= 0.3 is 0 Å². The second-order valence-corrected chi connectivity index (χ2v) is 8.20. The molecule has 0 aliphatic carbocycles. The van der Waals surface area contributed by atoms with Crippen LogP contribution in [-0.2, 0) is 23.6 Å². The summed E-state index contributed by atoms with van der Waals surface area (Å²) in [5.41, 5.74) is 0.868. The number of rotatable bonds is 8. The van der Waals surface area contributed by atoms with Crippen molar-refractivity contribution in [1.29, 1.82) is 0 Å². The van der Waals surface area contributed by atoms with Gasteiger partial charge in [-0.3, -0.25) is 0 Å². The fraction of sp³-hybridized carbons (Fsp3) is 0.353. The molecule has 2 aromatic rings. The Bertz CT molecular complexity index is 882. The molecule has 0 spiro atoms. The first-order valence-electron chi connectivity index (χ1n) is 8.41. The van der Waals surface area contributed by atoms with Gasteiger partial charge in [0.2, 0.25) is 10.0 Å². The fourth-order valence-electron chi connectivity index (χ4n) is 2.29. The Kier molecular flexibility index (Phi) is 7.97. The van der Waals surface area contributed by atoms with Gasteiger partial charge in [-0.15, -0.1) is 0 Å². The highest BCUT2D eigenvalue weighted by Crippen LogP contribution is 2.25. The Labute approximate surface area is 169 Å². The van der Waals surface area contributed by atoms with Gasteiger partial charge in [0.05, 0.1) is 16.5 Å². The van der Waals surface area contributed by atoms with Crippen LogP contribution in [0.3, 0.4) is 0 Å². The van der Waals surface area contributed by atoms with E-state index in [4.69, 9.17) is 23.2 Å². The third-order valence-electron chi connectivity index (χ3n) is 3.72.